The van der Waals surface area contributed by atoms with Crippen molar-refractivity contribution >= 4 is 5.97 Å². The Kier molecular flexibility index (Phi) is 1.84. The van der Waals surface area contributed by atoms with Gasteiger partial charge in [-0.05, 0) is 44.7 Å². The van der Waals surface area contributed by atoms with Gasteiger partial charge >= 0.3 is 5.97 Å². The molecule has 2 aliphatic heterocycles. The van der Waals surface area contributed by atoms with E-state index in [0.717, 1.165) is 32.4 Å². The fourth-order valence-corrected chi connectivity index (χ4v) is 2.82. The summed E-state index contributed by atoms with van der Waals surface area (Å²) >= 11 is 0. The van der Waals surface area contributed by atoms with E-state index in [1.165, 1.54) is 12.8 Å². The minimum atomic E-state index is -0.0987. The van der Waals surface area contributed by atoms with E-state index < -0.39 is 0 Å². The zero-order chi connectivity index (χ0) is 9.60. The quantitative estimate of drug-likeness (QED) is 0.636. The predicted octanol–water partition coefficient (Wildman–Crippen LogP) is 1.08. The van der Waals surface area contributed by atoms with Crippen LogP contribution in [0, 0.1) is 11.3 Å². The normalized spacial score (nSPS) is 36.0. The predicted molar refractivity (Wildman–Crippen MR) is 51.8 cm³/mol. The second-order valence-corrected chi connectivity index (χ2v) is 5.02. The molecule has 2 saturated heterocycles. The van der Waals surface area contributed by atoms with E-state index in [-0.39, 0.29) is 17.5 Å². The molecule has 2 heterocycles. The fourth-order valence-electron chi connectivity index (χ4n) is 2.82. The Hall–Kier alpha value is -0.570. The molecular weight excluding hydrogens is 178 g/mol. The van der Waals surface area contributed by atoms with Crippen molar-refractivity contribution in [1.82, 2.24) is 5.32 Å². The number of carbonyl (C=O) groups excluding carboxylic acids is 1. The molecule has 1 saturated carbocycles. The van der Waals surface area contributed by atoms with Gasteiger partial charge in [0.25, 0.3) is 0 Å². The van der Waals surface area contributed by atoms with Crippen molar-refractivity contribution in [2.75, 3.05) is 13.1 Å². The third-order valence-corrected chi connectivity index (χ3v) is 3.99. The molecule has 78 valence electrons. The summed E-state index contributed by atoms with van der Waals surface area (Å²) in [5, 5.41) is 3.31. The molecule has 3 rings (SSSR count). The highest BCUT2D eigenvalue weighted by Gasteiger charge is 2.52. The molecule has 3 fully saturated rings. The number of piperidine rings is 1. The number of esters is 1. The Balaban J connectivity index is 1.75. The fraction of sp³-hybridized carbons (Fsp3) is 0.909. The highest BCUT2D eigenvalue weighted by molar-refractivity contribution is 5.79. The molecule has 0 aromatic heterocycles. The van der Waals surface area contributed by atoms with Gasteiger partial charge in [-0.3, -0.25) is 4.79 Å². The van der Waals surface area contributed by atoms with Gasteiger partial charge < -0.3 is 10.1 Å². The van der Waals surface area contributed by atoms with Crippen molar-refractivity contribution in [1.29, 1.82) is 0 Å². The molecule has 1 aliphatic carbocycles. The van der Waals surface area contributed by atoms with Gasteiger partial charge in [-0.2, -0.15) is 0 Å². The minimum absolute atomic E-state index is 0.0934. The maximum absolute atomic E-state index is 11.8. The lowest BCUT2D eigenvalue weighted by atomic mass is 9.76. The Bertz CT molecular complexity index is 254. The number of hydrogen-bond donors (Lipinski definition) is 1. The van der Waals surface area contributed by atoms with E-state index in [0.29, 0.717) is 5.92 Å². The molecule has 0 radical (unpaired) electrons. The molecule has 1 spiro atoms. The summed E-state index contributed by atoms with van der Waals surface area (Å²) in [7, 11) is 0. The van der Waals surface area contributed by atoms with Gasteiger partial charge in [0.15, 0.2) is 0 Å². The van der Waals surface area contributed by atoms with Gasteiger partial charge in [-0.25, -0.2) is 0 Å². The number of nitrogens with one attached hydrogen (secondary N) is 1. The van der Waals surface area contributed by atoms with Crippen LogP contribution in [0.5, 0.6) is 0 Å². The van der Waals surface area contributed by atoms with Crippen molar-refractivity contribution in [3.63, 3.8) is 0 Å². The maximum atomic E-state index is 11.8. The Morgan fingerprint density at radius 2 is 2.00 bits per heavy atom. The van der Waals surface area contributed by atoms with Gasteiger partial charge in [-0.1, -0.05) is 0 Å². The summed E-state index contributed by atoms with van der Waals surface area (Å²) in [6.45, 7) is 1.96. The number of ether oxygens (including phenoxy) is 1. The van der Waals surface area contributed by atoms with E-state index in [1.54, 1.807) is 0 Å². The molecule has 0 amide bonds. The summed E-state index contributed by atoms with van der Waals surface area (Å²) in [6, 6.07) is 0. The first-order chi connectivity index (χ1) is 6.80. The zero-order valence-corrected chi connectivity index (χ0v) is 8.42. The molecule has 3 heteroatoms. The number of cyclic esters (lactones) is 1. The van der Waals surface area contributed by atoms with Crippen LogP contribution in [0.3, 0.4) is 0 Å². The lowest BCUT2D eigenvalue weighted by Gasteiger charge is -2.29. The second kappa shape index (κ2) is 2.96. The SMILES string of the molecule is O=C1O[C@@H](C2CC2)CC12CCNCC2. The molecule has 1 atom stereocenters. The summed E-state index contributed by atoms with van der Waals surface area (Å²) in [6.07, 6.45) is 5.77. The van der Waals surface area contributed by atoms with E-state index in [1.807, 2.05) is 0 Å². The molecule has 14 heavy (non-hydrogen) atoms. The zero-order valence-electron chi connectivity index (χ0n) is 8.42. The molecule has 0 bridgehead atoms. The second-order valence-electron chi connectivity index (χ2n) is 5.02. The topological polar surface area (TPSA) is 38.3 Å². The monoisotopic (exact) mass is 195 g/mol. The van der Waals surface area contributed by atoms with Gasteiger partial charge in [-0.15, -0.1) is 0 Å². The average Bonchev–Trinajstić information content (AvgIpc) is 2.98. The van der Waals surface area contributed by atoms with Crippen LogP contribution < -0.4 is 5.32 Å². The summed E-state index contributed by atoms with van der Waals surface area (Å²) < 4.78 is 5.51. The maximum Gasteiger partial charge on any atom is 0.312 e. The number of carbonyl (C=O) groups is 1. The largest absolute Gasteiger partial charge is 0.462 e. The van der Waals surface area contributed by atoms with Crippen molar-refractivity contribution < 1.29 is 9.53 Å². The Labute approximate surface area is 84.2 Å². The average molecular weight is 195 g/mol. The van der Waals surface area contributed by atoms with Crippen molar-refractivity contribution in [2.45, 2.75) is 38.2 Å². The standard InChI is InChI=1S/C11H17NO2/c13-10-11(3-5-12-6-4-11)7-9(14-10)8-1-2-8/h8-9,12H,1-7H2/t9-/m1/s1. The highest BCUT2D eigenvalue weighted by Crippen LogP contribution is 2.48. The molecular formula is C11H17NO2. The van der Waals surface area contributed by atoms with Crippen LogP contribution in [0.1, 0.15) is 32.1 Å². The van der Waals surface area contributed by atoms with E-state index in [9.17, 15) is 4.79 Å². The molecule has 0 aromatic carbocycles. The lowest BCUT2D eigenvalue weighted by Crippen LogP contribution is -2.39. The van der Waals surface area contributed by atoms with Crippen molar-refractivity contribution in [3.05, 3.63) is 0 Å². The van der Waals surface area contributed by atoms with Crippen LogP contribution in [-0.2, 0) is 9.53 Å². The third kappa shape index (κ3) is 1.26. The first-order valence-corrected chi connectivity index (χ1v) is 5.72. The van der Waals surface area contributed by atoms with Crippen LogP contribution in [0.15, 0.2) is 0 Å². The Morgan fingerprint density at radius 1 is 1.29 bits per heavy atom. The van der Waals surface area contributed by atoms with Gasteiger partial charge in [0.1, 0.15) is 6.10 Å². The molecule has 1 N–H and O–H groups in total. The van der Waals surface area contributed by atoms with Gasteiger partial charge in [0, 0.05) is 6.42 Å². The van der Waals surface area contributed by atoms with Crippen LogP contribution >= 0.6 is 0 Å². The molecule has 0 aromatic rings. The van der Waals surface area contributed by atoms with E-state index in [2.05, 4.69) is 5.32 Å². The van der Waals surface area contributed by atoms with Crippen LogP contribution in [-0.4, -0.2) is 25.2 Å². The van der Waals surface area contributed by atoms with Gasteiger partial charge in [0.05, 0.1) is 5.41 Å². The molecule has 3 aliphatic rings. The summed E-state index contributed by atoms with van der Waals surface area (Å²) in [5.74, 6) is 0.795. The van der Waals surface area contributed by atoms with E-state index >= 15 is 0 Å². The highest BCUT2D eigenvalue weighted by atomic mass is 16.6. The lowest BCUT2D eigenvalue weighted by molar-refractivity contribution is -0.150. The first-order valence-electron chi connectivity index (χ1n) is 5.72. The number of rotatable bonds is 1. The summed E-state index contributed by atoms with van der Waals surface area (Å²) in [4.78, 5) is 11.8. The minimum Gasteiger partial charge on any atom is -0.462 e. The van der Waals surface area contributed by atoms with E-state index in [4.69, 9.17) is 4.74 Å². The van der Waals surface area contributed by atoms with Crippen LogP contribution in [0.4, 0.5) is 0 Å². The van der Waals surface area contributed by atoms with Crippen LogP contribution in [0.25, 0.3) is 0 Å². The smallest absolute Gasteiger partial charge is 0.312 e. The number of hydrogen-bond acceptors (Lipinski definition) is 3. The summed E-state index contributed by atoms with van der Waals surface area (Å²) in [5.41, 5.74) is -0.0987. The molecule has 0 unspecified atom stereocenters. The molecule has 3 nitrogen and oxygen atoms in total. The van der Waals surface area contributed by atoms with Crippen LogP contribution in [0.2, 0.25) is 0 Å². The third-order valence-electron chi connectivity index (χ3n) is 3.99. The van der Waals surface area contributed by atoms with Crippen molar-refractivity contribution in [3.8, 4) is 0 Å². The van der Waals surface area contributed by atoms with Crippen molar-refractivity contribution in [2.24, 2.45) is 11.3 Å². The van der Waals surface area contributed by atoms with Gasteiger partial charge in [0.2, 0.25) is 0 Å². The Morgan fingerprint density at radius 3 is 2.64 bits per heavy atom. The first kappa shape index (κ1) is 8.72.